The summed E-state index contributed by atoms with van der Waals surface area (Å²) in [6.07, 6.45) is -1.03. The lowest BCUT2D eigenvalue weighted by Gasteiger charge is -2.28. The van der Waals surface area contributed by atoms with Crippen LogP contribution in [0.1, 0.15) is 12.5 Å². The van der Waals surface area contributed by atoms with Crippen LogP contribution in [0.5, 0.6) is 0 Å². The summed E-state index contributed by atoms with van der Waals surface area (Å²) in [6, 6.07) is 7.18. The lowest BCUT2D eigenvalue weighted by atomic mass is 10.2. The zero-order chi connectivity index (χ0) is 16.9. The van der Waals surface area contributed by atoms with Gasteiger partial charge in [0, 0.05) is 19.1 Å². The van der Waals surface area contributed by atoms with Crippen LogP contribution in [0.2, 0.25) is 0 Å². The summed E-state index contributed by atoms with van der Waals surface area (Å²) < 4.78 is 50.8. The van der Waals surface area contributed by atoms with E-state index in [1.807, 2.05) is 19.1 Å². The van der Waals surface area contributed by atoms with Crippen molar-refractivity contribution in [1.29, 1.82) is 0 Å². The number of benzene rings is 1. The van der Waals surface area contributed by atoms with Crippen molar-refractivity contribution in [2.24, 2.45) is 0 Å². The molecule has 0 aliphatic carbocycles. The molecule has 0 aliphatic rings. The number of hydrogen-bond donors (Lipinski definition) is 0. The van der Waals surface area contributed by atoms with Gasteiger partial charge in [0.25, 0.3) is 10.1 Å². The van der Waals surface area contributed by atoms with Crippen molar-refractivity contribution in [3.8, 4) is 0 Å². The van der Waals surface area contributed by atoms with E-state index >= 15 is 0 Å². The predicted octanol–water partition coefficient (Wildman–Crippen LogP) is 1.45. The van der Waals surface area contributed by atoms with E-state index in [4.69, 9.17) is 13.7 Å². The fraction of sp³-hybridized carbons (Fsp3) is 0.571. The van der Waals surface area contributed by atoms with Crippen molar-refractivity contribution >= 4 is 20.9 Å². The molecule has 1 aromatic carbocycles. The first-order valence-corrected chi connectivity index (χ1v) is 9.63. The molecule has 6 nitrogen and oxygen atoms in total. The van der Waals surface area contributed by atoms with Crippen molar-refractivity contribution in [2.45, 2.75) is 36.4 Å². The molecule has 0 aliphatic heterocycles. The van der Waals surface area contributed by atoms with Gasteiger partial charge in [-0.2, -0.15) is 8.42 Å². The summed E-state index contributed by atoms with van der Waals surface area (Å²) in [5, 5.41) is -0.651. The predicted molar refractivity (Wildman–Crippen MR) is 84.6 cm³/mol. The Bertz CT molecular complexity index is 592. The van der Waals surface area contributed by atoms with Crippen LogP contribution in [0.4, 0.5) is 0 Å². The third-order valence-electron chi connectivity index (χ3n) is 3.07. The number of ether oxygens (including phenoxy) is 2. The third-order valence-corrected chi connectivity index (χ3v) is 5.32. The minimum absolute atomic E-state index is 0.589. The third kappa shape index (κ3) is 5.44. The van der Waals surface area contributed by atoms with Crippen LogP contribution in [0.3, 0.4) is 0 Å². The van der Waals surface area contributed by atoms with Gasteiger partial charge in [-0.25, -0.2) is 0 Å². The summed E-state index contributed by atoms with van der Waals surface area (Å²) in [4.78, 5) is 0.589. The fourth-order valence-corrected chi connectivity index (χ4v) is 3.91. The minimum Gasteiger partial charge on any atom is -0.353 e. The molecule has 0 bridgehead atoms. The van der Waals surface area contributed by atoms with Gasteiger partial charge in [0.2, 0.25) is 0 Å². The molecular weight excluding hydrogens is 328 g/mol. The SMILES string of the molecule is COC(OC)[C@@H](OS(C)(=O)=O)[C@@H](C)S(=O)c1ccc(C)cc1. The molecule has 0 spiro atoms. The molecule has 0 amide bonds. The monoisotopic (exact) mass is 350 g/mol. The lowest BCUT2D eigenvalue weighted by molar-refractivity contribution is -0.154. The van der Waals surface area contributed by atoms with Gasteiger partial charge in [0.05, 0.1) is 22.3 Å². The standard InChI is InChI=1S/C14H22O6S2/c1-10-6-8-12(9-7-10)21(15)11(2)13(14(18-3)19-4)20-22(5,16)17/h6-9,11,13-14H,1-5H3/t11-,13+,21?/m1/s1. The van der Waals surface area contributed by atoms with E-state index in [2.05, 4.69) is 0 Å². The average molecular weight is 350 g/mol. The Labute approximate surface area is 134 Å². The Balaban J connectivity index is 3.06. The van der Waals surface area contributed by atoms with Crippen LogP contribution < -0.4 is 0 Å². The van der Waals surface area contributed by atoms with E-state index < -0.39 is 38.6 Å². The molecule has 22 heavy (non-hydrogen) atoms. The van der Waals surface area contributed by atoms with Crippen molar-refractivity contribution < 1.29 is 26.3 Å². The van der Waals surface area contributed by atoms with Crippen molar-refractivity contribution in [2.75, 3.05) is 20.5 Å². The molecule has 1 aromatic rings. The van der Waals surface area contributed by atoms with Gasteiger partial charge >= 0.3 is 0 Å². The van der Waals surface area contributed by atoms with Gasteiger partial charge < -0.3 is 9.47 Å². The van der Waals surface area contributed by atoms with Crippen LogP contribution in [0.15, 0.2) is 29.2 Å². The summed E-state index contributed by atoms with van der Waals surface area (Å²) in [7, 11) is -2.49. The second-order valence-corrected chi connectivity index (χ2v) is 8.33. The van der Waals surface area contributed by atoms with Crippen molar-refractivity contribution in [3.05, 3.63) is 29.8 Å². The van der Waals surface area contributed by atoms with Crippen LogP contribution in [0.25, 0.3) is 0 Å². The van der Waals surface area contributed by atoms with Crippen LogP contribution in [-0.2, 0) is 34.6 Å². The zero-order valence-corrected chi connectivity index (χ0v) is 14.9. The van der Waals surface area contributed by atoms with Crippen molar-refractivity contribution in [1.82, 2.24) is 0 Å². The van der Waals surface area contributed by atoms with Crippen LogP contribution >= 0.6 is 0 Å². The molecule has 3 atom stereocenters. The number of methoxy groups -OCH3 is 2. The molecule has 1 unspecified atom stereocenters. The summed E-state index contributed by atoms with van der Waals surface area (Å²) in [5.41, 5.74) is 1.05. The maximum Gasteiger partial charge on any atom is 0.264 e. The highest BCUT2D eigenvalue weighted by molar-refractivity contribution is 7.86. The molecule has 0 heterocycles. The first kappa shape index (κ1) is 19.2. The Morgan fingerprint density at radius 2 is 1.59 bits per heavy atom. The highest BCUT2D eigenvalue weighted by atomic mass is 32.2. The van der Waals surface area contributed by atoms with E-state index in [-0.39, 0.29) is 0 Å². The Morgan fingerprint density at radius 3 is 2.00 bits per heavy atom. The van der Waals surface area contributed by atoms with E-state index in [0.29, 0.717) is 4.90 Å². The highest BCUT2D eigenvalue weighted by Gasteiger charge is 2.35. The van der Waals surface area contributed by atoms with Gasteiger partial charge in [-0.15, -0.1) is 0 Å². The highest BCUT2D eigenvalue weighted by Crippen LogP contribution is 2.21. The largest absolute Gasteiger partial charge is 0.353 e. The Morgan fingerprint density at radius 1 is 1.09 bits per heavy atom. The van der Waals surface area contributed by atoms with Gasteiger partial charge in [-0.1, -0.05) is 17.7 Å². The smallest absolute Gasteiger partial charge is 0.264 e. The minimum atomic E-state index is -3.75. The Kier molecular flexibility index (Phi) is 7.14. The van der Waals surface area contributed by atoms with Gasteiger partial charge in [-0.3, -0.25) is 8.39 Å². The number of hydrogen-bond acceptors (Lipinski definition) is 6. The molecule has 0 radical (unpaired) electrons. The molecule has 0 fully saturated rings. The van der Waals surface area contributed by atoms with Gasteiger partial charge in [0.15, 0.2) is 6.29 Å². The molecule has 0 aromatic heterocycles. The fourth-order valence-electron chi connectivity index (χ4n) is 1.92. The van der Waals surface area contributed by atoms with E-state index in [9.17, 15) is 12.6 Å². The first-order chi connectivity index (χ1) is 10.2. The maximum absolute atomic E-state index is 12.6. The normalized spacial score (nSPS) is 16.5. The lowest BCUT2D eigenvalue weighted by Crippen LogP contribution is -2.43. The number of aryl methyl sites for hydroxylation is 1. The topological polar surface area (TPSA) is 78.9 Å². The molecular formula is C14H22O6S2. The molecule has 0 saturated heterocycles. The van der Waals surface area contributed by atoms with E-state index in [1.54, 1.807) is 19.1 Å². The Hall–Kier alpha value is -0.800. The van der Waals surface area contributed by atoms with E-state index in [1.165, 1.54) is 14.2 Å². The first-order valence-electron chi connectivity index (χ1n) is 6.60. The molecule has 0 saturated carbocycles. The number of rotatable bonds is 8. The molecule has 0 N–H and O–H groups in total. The van der Waals surface area contributed by atoms with Crippen LogP contribution in [-0.4, -0.2) is 50.7 Å². The quantitative estimate of drug-likeness (QED) is 0.522. The second kappa shape index (κ2) is 8.16. The summed E-state index contributed by atoms with van der Waals surface area (Å²) >= 11 is 0. The van der Waals surface area contributed by atoms with Crippen molar-refractivity contribution in [3.63, 3.8) is 0 Å². The maximum atomic E-state index is 12.6. The van der Waals surface area contributed by atoms with Crippen LogP contribution in [0, 0.1) is 6.92 Å². The van der Waals surface area contributed by atoms with E-state index in [0.717, 1.165) is 11.8 Å². The summed E-state index contributed by atoms with van der Waals surface area (Å²) in [6.45, 7) is 3.56. The zero-order valence-electron chi connectivity index (χ0n) is 13.3. The summed E-state index contributed by atoms with van der Waals surface area (Å²) in [5.74, 6) is 0. The molecule has 126 valence electrons. The molecule has 1 rings (SSSR count). The molecule has 8 heteroatoms. The average Bonchev–Trinajstić information content (AvgIpc) is 2.45. The van der Waals surface area contributed by atoms with Gasteiger partial charge in [-0.05, 0) is 26.0 Å². The second-order valence-electron chi connectivity index (χ2n) is 4.92. The van der Waals surface area contributed by atoms with Gasteiger partial charge in [0.1, 0.15) is 6.10 Å².